The fourth-order valence-electron chi connectivity index (χ4n) is 9.77. The molecule has 8 bridgehead atoms. The van der Waals surface area contributed by atoms with Crippen LogP contribution in [-0.4, -0.2) is 68.4 Å². The molecule has 8 N–H and O–H groups in total. The van der Waals surface area contributed by atoms with Crippen molar-refractivity contribution < 1.29 is 61.2 Å². The summed E-state index contributed by atoms with van der Waals surface area (Å²) in [5, 5.41) is 33.2. The molecule has 8 rings (SSSR count). The Morgan fingerprint density at radius 2 is 0.814 bits per heavy atom. The molecule has 244 valence electrons. The zero-order valence-electron chi connectivity index (χ0n) is 27.0. The number of rotatable bonds is 6. The van der Waals surface area contributed by atoms with Gasteiger partial charge < -0.3 is 39.5 Å². The first kappa shape index (κ1) is 37.8. The second-order valence-corrected chi connectivity index (χ2v) is 13.7. The third-order valence-electron chi connectivity index (χ3n) is 10.3. The molecule has 0 unspecified atom stereocenters. The standard InChI is InChI=1S/2C15H22O3.2C2H6O.Ti/c2*1-2-18-14(17)6-13(16)15-7-10-3-11(8-15)5-12(4-10)9-15;2*1-2-3;/h2*6,10-12,16H,2-5,7-9H2,1H3;2*3H,2H2,1H3;/p+4/b2*13-6-;;;. The zero-order valence-corrected chi connectivity index (χ0v) is 28.6. The number of carbonyl (C=O) groups excluding carboxylic acids is 2. The minimum atomic E-state index is -0.147. The number of ether oxygens (including phenoxy) is 2. The molecule has 8 aliphatic rings. The molecule has 0 aromatic carbocycles. The molecular formula is C34H60O8Ti+4. The topological polar surface area (TPSA) is 148 Å². The summed E-state index contributed by atoms with van der Waals surface area (Å²) >= 11 is 0. The maximum Gasteiger partial charge on any atom is 0.513 e. The van der Waals surface area contributed by atoms with Crippen molar-refractivity contribution in [1.29, 1.82) is 0 Å². The van der Waals surface area contributed by atoms with Gasteiger partial charge in [-0.05, 0) is 126 Å². The van der Waals surface area contributed by atoms with E-state index in [9.17, 15) is 19.8 Å². The summed E-state index contributed by atoms with van der Waals surface area (Å²) in [4.78, 5) is 19.2. The Morgan fingerprint density at radius 1 is 0.605 bits per heavy atom. The molecule has 0 spiro atoms. The van der Waals surface area contributed by atoms with Crippen molar-refractivity contribution in [3.63, 3.8) is 0 Å². The molecule has 43 heavy (non-hydrogen) atoms. The predicted molar refractivity (Wildman–Crippen MR) is 168 cm³/mol. The Hall–Kier alpha value is -1.35. The molecule has 0 heterocycles. The van der Waals surface area contributed by atoms with E-state index >= 15 is 0 Å². The van der Waals surface area contributed by atoms with Crippen LogP contribution in [-0.2, 0) is 31.2 Å². The quantitative estimate of drug-likeness (QED) is 0.123. The minimum absolute atomic E-state index is 0. The minimum Gasteiger partial charge on any atom is -0.511 e. The van der Waals surface area contributed by atoms with Gasteiger partial charge in [0.15, 0.2) is 13.2 Å². The van der Waals surface area contributed by atoms with Gasteiger partial charge in [-0.3, -0.25) is 0 Å². The number of hydrogen-bond donors (Lipinski definition) is 2. The first-order valence-corrected chi connectivity index (χ1v) is 16.5. The molecule has 9 heteroatoms. The van der Waals surface area contributed by atoms with Gasteiger partial charge in [-0.2, -0.15) is 0 Å². The van der Waals surface area contributed by atoms with Crippen LogP contribution >= 0.6 is 0 Å². The average Bonchev–Trinajstić information content (AvgIpc) is 2.89. The fraction of sp³-hybridized carbons (Fsp3) is 0.824. The van der Waals surface area contributed by atoms with Crippen LogP contribution in [0.3, 0.4) is 0 Å². The van der Waals surface area contributed by atoms with Crippen molar-refractivity contribution >= 4 is 11.9 Å². The van der Waals surface area contributed by atoms with Gasteiger partial charge in [0.05, 0.1) is 0 Å². The summed E-state index contributed by atoms with van der Waals surface area (Å²) in [5.74, 6) is 5.17. The summed E-state index contributed by atoms with van der Waals surface area (Å²) in [6.45, 7) is 9.09. The summed E-state index contributed by atoms with van der Waals surface area (Å²) in [6, 6.07) is 0. The van der Waals surface area contributed by atoms with E-state index in [0.717, 1.165) is 74.0 Å². The number of esters is 2. The first-order chi connectivity index (χ1) is 20.0. The first-order valence-electron chi connectivity index (χ1n) is 16.5. The Labute approximate surface area is 273 Å². The molecule has 8 fully saturated rings. The number of hydrogen-bond acceptors (Lipinski definition) is 4. The van der Waals surface area contributed by atoms with Crippen LogP contribution in [0.15, 0.2) is 23.7 Å². The van der Waals surface area contributed by atoms with Gasteiger partial charge in [0.2, 0.25) is 0 Å². The zero-order chi connectivity index (χ0) is 30.9. The molecule has 0 saturated heterocycles. The van der Waals surface area contributed by atoms with Crippen molar-refractivity contribution in [2.75, 3.05) is 26.4 Å². The third kappa shape index (κ3) is 9.82. The fourth-order valence-corrected chi connectivity index (χ4v) is 9.77. The van der Waals surface area contributed by atoms with E-state index in [0.29, 0.717) is 37.9 Å². The Balaban J connectivity index is 0.000000249. The van der Waals surface area contributed by atoms with Crippen LogP contribution in [0.1, 0.15) is 105 Å². The van der Waals surface area contributed by atoms with Gasteiger partial charge in [-0.15, -0.1) is 0 Å². The maximum absolute atomic E-state index is 10.4. The number of allylic oxidation sites excluding steroid dienone is 2. The normalized spacial score (nSPS) is 36.0. The monoisotopic (exact) mass is 644 g/mol. The van der Waals surface area contributed by atoms with Crippen molar-refractivity contribution in [1.82, 2.24) is 0 Å². The number of aliphatic hydroxyl groups excluding tert-OH is 2. The molecule has 0 atom stereocenters. The molecule has 8 saturated carbocycles. The van der Waals surface area contributed by atoms with E-state index in [1.807, 2.05) is 13.8 Å². The van der Waals surface area contributed by atoms with Crippen LogP contribution in [0.4, 0.5) is 0 Å². The summed E-state index contributed by atoms with van der Waals surface area (Å²) in [5.41, 5.74) is -0.111. The van der Waals surface area contributed by atoms with Crippen LogP contribution < -0.4 is 0 Å². The second kappa shape index (κ2) is 17.4. The van der Waals surface area contributed by atoms with Gasteiger partial charge in [0.25, 0.3) is 0 Å². The summed E-state index contributed by atoms with van der Waals surface area (Å²) < 4.78 is 10.0. The maximum atomic E-state index is 10.4. The van der Waals surface area contributed by atoms with Gasteiger partial charge in [-0.1, -0.05) is 0 Å². The van der Waals surface area contributed by atoms with Crippen LogP contribution in [0, 0.1) is 46.3 Å². The van der Waals surface area contributed by atoms with Crippen LogP contribution in [0.2, 0.25) is 0 Å². The van der Waals surface area contributed by atoms with Crippen molar-refractivity contribution in [2.45, 2.75) is 105 Å². The van der Waals surface area contributed by atoms with E-state index in [1.54, 1.807) is 13.8 Å². The Bertz CT molecular complexity index is 811. The van der Waals surface area contributed by atoms with E-state index in [4.69, 9.17) is 19.7 Å². The van der Waals surface area contributed by atoms with Gasteiger partial charge in [0.1, 0.15) is 36.9 Å². The Morgan fingerprint density at radius 3 is 1.00 bits per heavy atom. The molecule has 8 nitrogen and oxygen atoms in total. The molecule has 0 radical (unpaired) electrons. The van der Waals surface area contributed by atoms with E-state index < -0.39 is 0 Å². The van der Waals surface area contributed by atoms with E-state index in [-0.39, 0.29) is 44.5 Å². The van der Waals surface area contributed by atoms with Gasteiger partial charge >= 0.3 is 11.9 Å². The molecular weight excluding hydrogens is 584 g/mol. The van der Waals surface area contributed by atoms with Crippen molar-refractivity contribution in [3.05, 3.63) is 23.7 Å². The largest absolute Gasteiger partial charge is 0.513 e. The van der Waals surface area contributed by atoms with Crippen molar-refractivity contribution in [3.8, 4) is 0 Å². The van der Waals surface area contributed by atoms with Crippen LogP contribution in [0.25, 0.3) is 0 Å². The Kier molecular flexibility index (Phi) is 15.3. The van der Waals surface area contributed by atoms with Gasteiger partial charge in [-0.25, -0.2) is 0 Å². The summed E-state index contributed by atoms with van der Waals surface area (Å²) in [7, 11) is 0. The van der Waals surface area contributed by atoms with Crippen LogP contribution in [0.5, 0.6) is 0 Å². The van der Waals surface area contributed by atoms with E-state index in [1.165, 1.54) is 50.7 Å². The average molecular weight is 645 g/mol. The van der Waals surface area contributed by atoms with Crippen molar-refractivity contribution in [2.24, 2.45) is 46.3 Å². The molecule has 0 aliphatic heterocycles. The molecule has 0 amide bonds. The number of aliphatic hydroxyl groups is 2. The predicted octanol–water partition coefficient (Wildman–Crippen LogP) is 5.83. The smallest absolute Gasteiger partial charge is 0.511 e. The SMILES string of the molecule is CCOC(=[OH+])/C=C(\O)C12CC3CC(CC(C3)C1)C2.CCOC(=[OH+])/C=C(\O)C12CC3CC(CC(C3)C1)C2.CC[OH2+].CC[OH2+].[Ti]. The third-order valence-corrected chi connectivity index (χ3v) is 10.3. The molecule has 0 aromatic heterocycles. The second-order valence-electron chi connectivity index (χ2n) is 13.7. The summed E-state index contributed by atoms with van der Waals surface area (Å²) in [6.07, 6.45) is 17.6. The molecule has 8 aliphatic carbocycles. The van der Waals surface area contributed by atoms with E-state index in [2.05, 4.69) is 0 Å². The molecule has 0 aromatic rings. The van der Waals surface area contributed by atoms with Gasteiger partial charge in [0, 0.05) is 46.4 Å².